The third kappa shape index (κ3) is 2.49. The van der Waals surface area contributed by atoms with E-state index in [-0.39, 0.29) is 17.2 Å². The first-order valence-corrected chi connectivity index (χ1v) is 6.43. The fraction of sp³-hybridized carbons (Fsp3) is 0.545. The minimum Gasteiger partial charge on any atom is -0.408 e. The Morgan fingerprint density at radius 2 is 2.35 bits per heavy atom. The van der Waals surface area contributed by atoms with Gasteiger partial charge in [0.15, 0.2) is 10.9 Å². The van der Waals surface area contributed by atoms with Crippen molar-refractivity contribution >= 4 is 28.7 Å². The molecule has 3 heterocycles. The van der Waals surface area contributed by atoms with Crippen LogP contribution in [0.15, 0.2) is 6.33 Å². The van der Waals surface area contributed by atoms with Crippen LogP contribution < -0.4 is 10.6 Å². The Kier molecular flexibility index (Phi) is 3.15. The van der Waals surface area contributed by atoms with E-state index in [4.69, 9.17) is 31.6 Å². The van der Waals surface area contributed by atoms with E-state index in [1.807, 2.05) is 13.8 Å². The number of rotatable bonds is 3. The molecule has 1 fully saturated rings. The number of anilines is 1. The maximum atomic E-state index is 5.93. The number of fused-ring (bicyclic) bond motifs is 1. The summed E-state index contributed by atoms with van der Waals surface area (Å²) in [5.41, 5.74) is 6.41. The van der Waals surface area contributed by atoms with Crippen LogP contribution in [0.5, 0.6) is 0 Å². The second-order valence-corrected chi connectivity index (χ2v) is 5.22. The average molecular weight is 300 g/mol. The molecule has 1 atom stereocenters. The van der Waals surface area contributed by atoms with Crippen molar-refractivity contribution in [2.24, 2.45) is 0 Å². The number of imidazole rings is 1. The molecule has 0 radical (unpaired) electrons. The number of nitrogens with zero attached hydrogens (tertiary/aromatic N) is 4. The van der Waals surface area contributed by atoms with Crippen LogP contribution in [0.25, 0.3) is 11.2 Å². The van der Waals surface area contributed by atoms with Crippen LogP contribution in [0.3, 0.4) is 0 Å². The van der Waals surface area contributed by atoms with Gasteiger partial charge in [-0.25, -0.2) is 4.98 Å². The summed E-state index contributed by atoms with van der Waals surface area (Å²) in [5.74, 6) is -0.518. The van der Waals surface area contributed by atoms with Crippen LogP contribution in [0.1, 0.15) is 13.8 Å². The van der Waals surface area contributed by atoms with Gasteiger partial charge in [0.05, 0.1) is 6.61 Å². The molecular formula is C11H14ClN5O3. The van der Waals surface area contributed by atoms with E-state index < -0.39 is 5.79 Å². The van der Waals surface area contributed by atoms with Gasteiger partial charge in [-0.3, -0.25) is 0 Å². The van der Waals surface area contributed by atoms with E-state index in [0.717, 1.165) is 0 Å². The van der Waals surface area contributed by atoms with Gasteiger partial charge < -0.3 is 20.0 Å². The Hall–Kier alpha value is -1.64. The molecular weight excluding hydrogens is 286 g/mol. The van der Waals surface area contributed by atoms with Crippen molar-refractivity contribution in [1.82, 2.24) is 19.7 Å². The van der Waals surface area contributed by atoms with Crippen molar-refractivity contribution in [1.29, 1.82) is 0 Å². The number of hydrogen-bond donors (Lipinski definition) is 1. The van der Waals surface area contributed by atoms with Gasteiger partial charge in [-0.05, 0) is 13.8 Å². The molecule has 20 heavy (non-hydrogen) atoms. The molecule has 1 saturated heterocycles. The second-order valence-electron chi connectivity index (χ2n) is 4.86. The molecule has 0 bridgehead atoms. The van der Waals surface area contributed by atoms with Gasteiger partial charge in [-0.1, -0.05) is 11.6 Å². The van der Waals surface area contributed by atoms with Gasteiger partial charge in [0.1, 0.15) is 24.6 Å². The van der Waals surface area contributed by atoms with Gasteiger partial charge in [0.2, 0.25) is 11.6 Å². The zero-order valence-corrected chi connectivity index (χ0v) is 11.8. The van der Waals surface area contributed by atoms with E-state index in [1.165, 1.54) is 11.1 Å². The monoisotopic (exact) mass is 299 g/mol. The largest absolute Gasteiger partial charge is 0.408 e. The fourth-order valence-corrected chi connectivity index (χ4v) is 2.18. The summed E-state index contributed by atoms with van der Waals surface area (Å²) in [4.78, 5) is 17.6. The maximum Gasteiger partial charge on any atom is 0.223 e. The van der Waals surface area contributed by atoms with Crippen LogP contribution in [-0.4, -0.2) is 44.8 Å². The van der Waals surface area contributed by atoms with E-state index in [9.17, 15) is 0 Å². The number of hydrogen-bond acceptors (Lipinski definition) is 7. The fourth-order valence-electron chi connectivity index (χ4n) is 1.96. The highest BCUT2D eigenvalue weighted by molar-refractivity contribution is 6.33. The molecule has 2 aromatic heterocycles. The van der Waals surface area contributed by atoms with Crippen LogP contribution in [0.4, 0.5) is 5.95 Å². The number of nitrogen functional groups attached to an aromatic ring is 1. The summed E-state index contributed by atoms with van der Waals surface area (Å²) in [6.45, 7) is 4.48. The smallest absolute Gasteiger partial charge is 0.223 e. The summed E-state index contributed by atoms with van der Waals surface area (Å²) in [6.07, 6.45) is 1.31. The molecule has 2 N–H and O–H groups in total. The molecule has 8 nitrogen and oxygen atoms in total. The Balaban J connectivity index is 1.75. The number of halogens is 1. The first-order valence-electron chi connectivity index (χ1n) is 6.06. The predicted octanol–water partition coefficient (Wildman–Crippen LogP) is 0.642. The first-order chi connectivity index (χ1) is 9.44. The van der Waals surface area contributed by atoms with E-state index in [0.29, 0.717) is 24.4 Å². The lowest BCUT2D eigenvalue weighted by Crippen LogP contribution is -2.28. The molecule has 2 aromatic rings. The molecule has 0 aliphatic carbocycles. The zero-order valence-electron chi connectivity index (χ0n) is 11.0. The Bertz CT molecular complexity index is 644. The van der Waals surface area contributed by atoms with E-state index >= 15 is 0 Å². The third-order valence-corrected chi connectivity index (χ3v) is 3.07. The summed E-state index contributed by atoms with van der Waals surface area (Å²) in [7, 11) is 0. The normalized spacial score (nSPS) is 21.4. The molecule has 1 aliphatic rings. The highest BCUT2D eigenvalue weighted by atomic mass is 35.5. The second kappa shape index (κ2) is 4.72. The van der Waals surface area contributed by atoms with Crippen LogP contribution in [0, 0.1) is 0 Å². The molecule has 0 aromatic carbocycles. The lowest BCUT2D eigenvalue weighted by atomic mass is 10.4. The minimum absolute atomic E-state index is 0.0643. The van der Waals surface area contributed by atoms with E-state index in [2.05, 4.69) is 15.0 Å². The van der Waals surface area contributed by atoms with Crippen molar-refractivity contribution in [2.75, 3.05) is 18.9 Å². The third-order valence-electron chi connectivity index (χ3n) is 2.81. The van der Waals surface area contributed by atoms with Gasteiger partial charge in [0.25, 0.3) is 0 Å². The average Bonchev–Trinajstić information content (AvgIpc) is 2.90. The molecule has 0 spiro atoms. The van der Waals surface area contributed by atoms with Crippen LogP contribution in [-0.2, 0) is 9.47 Å². The number of nitrogens with two attached hydrogens (primary N) is 1. The van der Waals surface area contributed by atoms with Gasteiger partial charge >= 0.3 is 0 Å². The van der Waals surface area contributed by atoms with Crippen molar-refractivity contribution in [3.8, 4) is 0 Å². The molecule has 1 unspecified atom stereocenters. The standard InChI is InChI=1S/C11H14ClN5O3/c1-11(2)18-3-6(20-11)4-19-17-5-14-7-8(12)15-10(13)16-9(7)17/h5-6H,3-4H2,1-2H3,(H2,13,15,16). The molecule has 108 valence electrons. The quantitative estimate of drug-likeness (QED) is 0.831. The van der Waals surface area contributed by atoms with Crippen molar-refractivity contribution < 1.29 is 14.3 Å². The Morgan fingerprint density at radius 1 is 1.55 bits per heavy atom. The zero-order chi connectivity index (χ0) is 14.3. The minimum atomic E-state index is -0.582. The van der Waals surface area contributed by atoms with Crippen molar-refractivity contribution in [3.05, 3.63) is 11.5 Å². The highest BCUT2D eigenvalue weighted by Crippen LogP contribution is 2.22. The van der Waals surface area contributed by atoms with Crippen LogP contribution >= 0.6 is 11.6 Å². The van der Waals surface area contributed by atoms with E-state index in [1.54, 1.807) is 0 Å². The summed E-state index contributed by atoms with van der Waals surface area (Å²) < 4.78 is 12.5. The lowest BCUT2D eigenvalue weighted by Gasteiger charge is -2.17. The van der Waals surface area contributed by atoms with Crippen molar-refractivity contribution in [3.63, 3.8) is 0 Å². The lowest BCUT2D eigenvalue weighted by molar-refractivity contribution is -0.145. The van der Waals surface area contributed by atoms with Crippen LogP contribution in [0.2, 0.25) is 5.15 Å². The topological polar surface area (TPSA) is 97.3 Å². The number of ether oxygens (including phenoxy) is 2. The molecule has 0 saturated carbocycles. The summed E-state index contributed by atoms with van der Waals surface area (Å²) in [5, 5.41) is 0.191. The Labute approximate surface area is 119 Å². The first kappa shape index (κ1) is 13.3. The van der Waals surface area contributed by atoms with Crippen molar-refractivity contribution in [2.45, 2.75) is 25.7 Å². The Morgan fingerprint density at radius 3 is 3.05 bits per heavy atom. The molecule has 3 rings (SSSR count). The highest BCUT2D eigenvalue weighted by Gasteiger charge is 2.33. The number of aromatic nitrogens is 4. The van der Waals surface area contributed by atoms with Gasteiger partial charge in [-0.2, -0.15) is 14.7 Å². The molecule has 1 aliphatic heterocycles. The van der Waals surface area contributed by atoms with Gasteiger partial charge in [0, 0.05) is 0 Å². The molecule has 9 heteroatoms. The summed E-state index contributed by atoms with van der Waals surface area (Å²) in [6, 6.07) is 0. The SMILES string of the molecule is CC1(C)OCC(COn2cnc3c(Cl)nc(N)nc32)O1. The summed E-state index contributed by atoms with van der Waals surface area (Å²) >= 11 is 5.93. The predicted molar refractivity (Wildman–Crippen MR) is 71.1 cm³/mol. The maximum absolute atomic E-state index is 5.93. The van der Waals surface area contributed by atoms with Gasteiger partial charge in [-0.15, -0.1) is 0 Å². The molecule has 0 amide bonds.